The van der Waals surface area contributed by atoms with Gasteiger partial charge in [-0.3, -0.25) is 0 Å². The zero-order chi connectivity index (χ0) is 18.0. The van der Waals surface area contributed by atoms with Gasteiger partial charge in [-0.05, 0) is 42.2 Å². The van der Waals surface area contributed by atoms with E-state index in [-0.39, 0.29) is 0 Å². The molecule has 1 aromatic rings. The maximum Gasteiger partial charge on any atom is 0.119 e. The summed E-state index contributed by atoms with van der Waals surface area (Å²) >= 11 is 0. The number of rotatable bonds is 4. The van der Waals surface area contributed by atoms with Crippen molar-refractivity contribution >= 4 is 0 Å². The molecule has 0 atom stereocenters. The van der Waals surface area contributed by atoms with E-state index in [1.54, 1.807) is 0 Å². The van der Waals surface area contributed by atoms with Crippen LogP contribution in [0.25, 0.3) is 0 Å². The van der Waals surface area contributed by atoms with Crippen molar-refractivity contribution in [2.24, 2.45) is 0 Å². The predicted octanol–water partition coefficient (Wildman–Crippen LogP) is 6.53. The molecule has 0 saturated carbocycles. The van der Waals surface area contributed by atoms with E-state index in [0.29, 0.717) is 6.61 Å². The lowest BCUT2D eigenvalue weighted by molar-refractivity contribution is 0.211. The van der Waals surface area contributed by atoms with Crippen LogP contribution in [0.15, 0.2) is 126 Å². The largest absolute Gasteiger partial charge is 0.489 e. The van der Waals surface area contributed by atoms with Gasteiger partial charge in [-0.15, -0.1) is 0 Å². The second-order valence-electron chi connectivity index (χ2n) is 6.28. The molecule has 0 N–H and O–H groups in total. The third kappa shape index (κ3) is 5.49. The smallest absolute Gasteiger partial charge is 0.119 e. The molecule has 0 radical (unpaired) electrons. The molecule has 130 valence electrons. The minimum atomic E-state index is 0.575. The van der Waals surface area contributed by atoms with Crippen LogP contribution in [-0.2, 0) is 11.3 Å². The second-order valence-corrected chi connectivity index (χ2v) is 6.28. The summed E-state index contributed by atoms with van der Waals surface area (Å²) in [5.41, 5.74) is 4.93. The normalized spacial score (nSPS) is 23.4. The maximum absolute atomic E-state index is 5.94. The number of hydrogen-bond acceptors (Lipinski definition) is 1. The topological polar surface area (TPSA) is 9.23 Å². The monoisotopic (exact) mass is 340 g/mol. The Morgan fingerprint density at radius 2 is 1.62 bits per heavy atom. The van der Waals surface area contributed by atoms with Gasteiger partial charge >= 0.3 is 0 Å². The van der Waals surface area contributed by atoms with Crippen molar-refractivity contribution in [2.75, 3.05) is 0 Å². The molecule has 0 fully saturated rings. The summed E-state index contributed by atoms with van der Waals surface area (Å²) < 4.78 is 5.94. The lowest BCUT2D eigenvalue weighted by Gasteiger charge is -2.06. The average molecular weight is 340 g/mol. The van der Waals surface area contributed by atoms with Crippen LogP contribution in [0.1, 0.15) is 18.9 Å². The van der Waals surface area contributed by atoms with Crippen molar-refractivity contribution < 1.29 is 4.74 Å². The Balaban J connectivity index is 1.70. The minimum Gasteiger partial charge on any atom is -0.489 e. The summed E-state index contributed by atoms with van der Waals surface area (Å²) in [5.74, 6) is 0.864. The van der Waals surface area contributed by atoms with E-state index in [1.807, 2.05) is 30.4 Å². The first-order chi connectivity index (χ1) is 12.8. The summed E-state index contributed by atoms with van der Waals surface area (Å²) in [7, 11) is 0. The summed E-state index contributed by atoms with van der Waals surface area (Å²) in [5, 5.41) is 0. The molecule has 0 bridgehead atoms. The number of hydrogen-bond donors (Lipinski definition) is 0. The highest BCUT2D eigenvalue weighted by atomic mass is 16.5. The SMILES string of the molecule is CC1=CC=CC(/C2=C/C=C\C(OCc3ccccc3)=C/C=C\C2)=CC=C1. The van der Waals surface area contributed by atoms with Crippen LogP contribution in [0.4, 0.5) is 0 Å². The molecule has 26 heavy (non-hydrogen) atoms. The van der Waals surface area contributed by atoms with Crippen LogP contribution in [0.2, 0.25) is 0 Å². The third-order valence-electron chi connectivity index (χ3n) is 4.18. The molecular formula is C25H24O. The second kappa shape index (κ2) is 9.43. The van der Waals surface area contributed by atoms with Crippen molar-refractivity contribution in [1.82, 2.24) is 0 Å². The Morgan fingerprint density at radius 3 is 2.50 bits per heavy atom. The van der Waals surface area contributed by atoms with Crippen molar-refractivity contribution in [1.29, 1.82) is 0 Å². The molecular weight excluding hydrogens is 316 g/mol. The molecule has 0 heterocycles. The molecule has 2 aliphatic carbocycles. The molecule has 2 aliphatic rings. The van der Waals surface area contributed by atoms with E-state index < -0.39 is 0 Å². The summed E-state index contributed by atoms with van der Waals surface area (Å²) in [4.78, 5) is 0. The molecule has 0 amide bonds. The molecule has 0 unspecified atom stereocenters. The lowest BCUT2D eigenvalue weighted by Crippen LogP contribution is -1.91. The van der Waals surface area contributed by atoms with E-state index in [4.69, 9.17) is 4.74 Å². The van der Waals surface area contributed by atoms with Gasteiger partial charge in [0.05, 0.1) is 0 Å². The van der Waals surface area contributed by atoms with Gasteiger partial charge < -0.3 is 4.74 Å². The first-order valence-corrected chi connectivity index (χ1v) is 8.96. The Kier molecular flexibility index (Phi) is 6.44. The van der Waals surface area contributed by atoms with Gasteiger partial charge in [-0.25, -0.2) is 0 Å². The van der Waals surface area contributed by atoms with Crippen LogP contribution in [0.5, 0.6) is 0 Å². The standard InChI is InChI=1S/C25H24O/c1-21-10-7-15-24(16-8-11-21)23-14-5-6-18-25(19-9-17-23)26-20-22-12-3-2-4-13-22/h2-13,15-19H,14,20H2,1H3/b6-5-,10-7?,11-8?,15-7?,16-8?,19-9-,21-10?,21-11?,23-17+,24-15?,24-16?,25-18+. The van der Waals surface area contributed by atoms with Gasteiger partial charge in [0.1, 0.15) is 12.4 Å². The fourth-order valence-electron chi connectivity index (χ4n) is 2.72. The summed E-state index contributed by atoms with van der Waals surface area (Å²) in [6.45, 7) is 2.68. The number of ether oxygens (including phenoxy) is 1. The predicted molar refractivity (Wildman–Crippen MR) is 110 cm³/mol. The van der Waals surface area contributed by atoms with Gasteiger partial charge in [0, 0.05) is 0 Å². The van der Waals surface area contributed by atoms with Crippen LogP contribution in [0, 0.1) is 0 Å². The van der Waals surface area contributed by atoms with Crippen LogP contribution < -0.4 is 0 Å². The first kappa shape index (κ1) is 17.8. The Bertz CT molecular complexity index is 853. The first-order valence-electron chi connectivity index (χ1n) is 8.96. The lowest BCUT2D eigenvalue weighted by atomic mass is 9.99. The third-order valence-corrected chi connectivity index (χ3v) is 4.18. The molecule has 0 aliphatic heterocycles. The average Bonchev–Trinajstić information content (AvgIpc) is 2.76. The van der Waals surface area contributed by atoms with Gasteiger partial charge in [0.15, 0.2) is 0 Å². The quantitative estimate of drug-likeness (QED) is 0.605. The molecule has 0 saturated heterocycles. The molecule has 1 aromatic carbocycles. The molecule has 3 rings (SSSR count). The summed E-state index contributed by atoms with van der Waals surface area (Å²) in [6.07, 6.45) is 26.2. The van der Waals surface area contributed by atoms with Gasteiger partial charge in [0.25, 0.3) is 0 Å². The van der Waals surface area contributed by atoms with Crippen molar-refractivity contribution in [2.45, 2.75) is 20.0 Å². The van der Waals surface area contributed by atoms with Crippen LogP contribution >= 0.6 is 0 Å². The fourth-order valence-corrected chi connectivity index (χ4v) is 2.72. The fraction of sp³-hybridized carbons (Fsp3) is 0.120. The Hall–Kier alpha value is -3.06. The molecule has 0 aromatic heterocycles. The summed E-state index contributed by atoms with van der Waals surface area (Å²) in [6, 6.07) is 10.2. The van der Waals surface area contributed by atoms with E-state index >= 15 is 0 Å². The van der Waals surface area contributed by atoms with Crippen LogP contribution in [0.3, 0.4) is 0 Å². The van der Waals surface area contributed by atoms with Gasteiger partial charge in [-0.2, -0.15) is 0 Å². The van der Waals surface area contributed by atoms with E-state index in [0.717, 1.165) is 12.2 Å². The number of allylic oxidation sites excluding steroid dienone is 15. The maximum atomic E-state index is 5.94. The highest BCUT2D eigenvalue weighted by Gasteiger charge is 2.02. The molecule has 0 spiro atoms. The van der Waals surface area contributed by atoms with Crippen molar-refractivity contribution in [3.05, 3.63) is 131 Å². The Morgan fingerprint density at radius 1 is 0.808 bits per heavy atom. The van der Waals surface area contributed by atoms with Gasteiger partial charge in [0.2, 0.25) is 0 Å². The molecule has 1 heteroatoms. The zero-order valence-electron chi connectivity index (χ0n) is 15.1. The van der Waals surface area contributed by atoms with Crippen molar-refractivity contribution in [3.63, 3.8) is 0 Å². The van der Waals surface area contributed by atoms with Gasteiger partial charge in [-0.1, -0.05) is 96.7 Å². The highest BCUT2D eigenvalue weighted by Crippen LogP contribution is 2.20. The zero-order valence-corrected chi connectivity index (χ0v) is 15.1. The van der Waals surface area contributed by atoms with Crippen molar-refractivity contribution in [3.8, 4) is 0 Å². The highest BCUT2D eigenvalue weighted by molar-refractivity contribution is 5.48. The van der Waals surface area contributed by atoms with E-state index in [9.17, 15) is 0 Å². The number of benzene rings is 1. The van der Waals surface area contributed by atoms with E-state index in [2.05, 4.69) is 79.8 Å². The van der Waals surface area contributed by atoms with Crippen LogP contribution in [-0.4, -0.2) is 0 Å². The molecule has 1 nitrogen and oxygen atoms in total. The van der Waals surface area contributed by atoms with E-state index in [1.165, 1.54) is 22.3 Å². The minimum absolute atomic E-state index is 0.575. The Labute approximate surface area is 156 Å².